The van der Waals surface area contributed by atoms with E-state index in [0.717, 1.165) is 22.3 Å². The maximum absolute atomic E-state index is 6.26. The van der Waals surface area contributed by atoms with Gasteiger partial charge in [0.05, 0.1) is 5.02 Å². The average molecular weight is 364 g/mol. The quantitative estimate of drug-likeness (QED) is 0.582. The first-order chi connectivity index (χ1) is 11.0. The second-order valence-corrected chi connectivity index (χ2v) is 7.05. The number of benzene rings is 2. The number of nitrogens with zero attached hydrogens (tertiary/aromatic N) is 3. The van der Waals surface area contributed by atoms with Gasteiger partial charge in [-0.3, -0.25) is 0 Å². The summed E-state index contributed by atoms with van der Waals surface area (Å²) in [6, 6.07) is 13.9. The molecule has 0 aliphatic rings. The standard InChI is InChI=1S/C17H15Cl2N3S/c1-11-3-5-12(6-4-11)10-23-17-21-20-16(22(17)2)14-8-7-13(18)9-15(14)19/h3-9H,10H2,1-2H3. The Morgan fingerprint density at radius 3 is 2.48 bits per heavy atom. The fraction of sp³-hybridized carbons (Fsp3) is 0.176. The molecule has 1 heterocycles. The van der Waals surface area contributed by atoms with Gasteiger partial charge in [-0.15, -0.1) is 10.2 Å². The third-order valence-electron chi connectivity index (χ3n) is 3.50. The fourth-order valence-electron chi connectivity index (χ4n) is 2.18. The maximum atomic E-state index is 6.26. The van der Waals surface area contributed by atoms with Crippen LogP contribution in [0.4, 0.5) is 0 Å². The SMILES string of the molecule is Cc1ccc(CSc2nnc(-c3ccc(Cl)cc3Cl)n2C)cc1. The molecule has 3 rings (SSSR count). The molecule has 0 radical (unpaired) electrons. The Balaban J connectivity index is 1.80. The van der Waals surface area contributed by atoms with Crippen LogP contribution in [0.2, 0.25) is 10.0 Å². The first kappa shape index (κ1) is 16.4. The Hall–Kier alpha value is -1.49. The molecule has 0 spiro atoms. The molecule has 23 heavy (non-hydrogen) atoms. The van der Waals surface area contributed by atoms with Crippen LogP contribution in [0, 0.1) is 6.92 Å². The summed E-state index contributed by atoms with van der Waals surface area (Å²) in [5.41, 5.74) is 3.35. The smallest absolute Gasteiger partial charge is 0.191 e. The zero-order chi connectivity index (χ0) is 16.4. The summed E-state index contributed by atoms with van der Waals surface area (Å²) in [5, 5.41) is 10.6. The Bertz CT molecular complexity index is 828. The van der Waals surface area contributed by atoms with Gasteiger partial charge >= 0.3 is 0 Å². The molecule has 6 heteroatoms. The van der Waals surface area contributed by atoms with E-state index in [-0.39, 0.29) is 0 Å². The lowest BCUT2D eigenvalue weighted by Gasteiger charge is -2.06. The molecule has 0 saturated carbocycles. The summed E-state index contributed by atoms with van der Waals surface area (Å²) < 4.78 is 1.95. The average Bonchev–Trinajstić information content (AvgIpc) is 2.88. The lowest BCUT2D eigenvalue weighted by molar-refractivity contribution is 0.794. The van der Waals surface area contributed by atoms with Crippen LogP contribution in [0.3, 0.4) is 0 Å². The molecule has 0 N–H and O–H groups in total. The highest BCUT2D eigenvalue weighted by Gasteiger charge is 2.14. The van der Waals surface area contributed by atoms with E-state index in [9.17, 15) is 0 Å². The number of aromatic nitrogens is 3. The van der Waals surface area contributed by atoms with Crippen LogP contribution in [0.5, 0.6) is 0 Å². The summed E-state index contributed by atoms with van der Waals surface area (Å²) in [4.78, 5) is 0. The van der Waals surface area contributed by atoms with Crippen molar-refractivity contribution < 1.29 is 0 Å². The topological polar surface area (TPSA) is 30.7 Å². The minimum Gasteiger partial charge on any atom is -0.305 e. The molecule has 3 aromatic rings. The summed E-state index contributed by atoms with van der Waals surface area (Å²) >= 11 is 13.9. The van der Waals surface area contributed by atoms with Crippen molar-refractivity contribution in [3.05, 3.63) is 63.6 Å². The van der Waals surface area contributed by atoms with Crippen LogP contribution < -0.4 is 0 Å². The predicted molar refractivity (Wildman–Crippen MR) is 97.2 cm³/mol. The van der Waals surface area contributed by atoms with E-state index in [1.807, 2.05) is 17.7 Å². The first-order valence-corrected chi connectivity index (χ1v) is 8.82. The molecule has 0 aliphatic heterocycles. The second kappa shape index (κ2) is 6.95. The van der Waals surface area contributed by atoms with Crippen LogP contribution in [0.1, 0.15) is 11.1 Å². The van der Waals surface area contributed by atoms with Crippen LogP contribution in [0.25, 0.3) is 11.4 Å². The number of thioether (sulfide) groups is 1. The van der Waals surface area contributed by atoms with Crippen molar-refractivity contribution in [2.24, 2.45) is 7.05 Å². The van der Waals surface area contributed by atoms with Crippen molar-refractivity contribution in [3.63, 3.8) is 0 Å². The number of hydrogen-bond acceptors (Lipinski definition) is 3. The zero-order valence-electron chi connectivity index (χ0n) is 12.8. The maximum Gasteiger partial charge on any atom is 0.191 e. The van der Waals surface area contributed by atoms with Gasteiger partial charge in [-0.1, -0.05) is 64.8 Å². The van der Waals surface area contributed by atoms with Gasteiger partial charge in [0.25, 0.3) is 0 Å². The molecule has 1 aromatic heterocycles. The molecule has 0 unspecified atom stereocenters. The summed E-state index contributed by atoms with van der Waals surface area (Å²) in [5.74, 6) is 1.58. The summed E-state index contributed by atoms with van der Waals surface area (Å²) in [6.07, 6.45) is 0. The zero-order valence-corrected chi connectivity index (χ0v) is 15.1. The second-order valence-electron chi connectivity index (χ2n) is 5.26. The monoisotopic (exact) mass is 363 g/mol. The molecule has 3 nitrogen and oxygen atoms in total. The predicted octanol–water partition coefficient (Wildman–Crippen LogP) is 5.39. The van der Waals surface area contributed by atoms with E-state index < -0.39 is 0 Å². The molecule has 2 aromatic carbocycles. The lowest BCUT2D eigenvalue weighted by Crippen LogP contribution is -1.95. The van der Waals surface area contributed by atoms with Crippen molar-refractivity contribution in [2.75, 3.05) is 0 Å². The van der Waals surface area contributed by atoms with Gasteiger partial charge in [0.2, 0.25) is 0 Å². The Morgan fingerprint density at radius 2 is 1.78 bits per heavy atom. The number of aryl methyl sites for hydroxylation is 1. The third kappa shape index (κ3) is 3.71. The van der Waals surface area contributed by atoms with Gasteiger partial charge < -0.3 is 4.57 Å². The highest BCUT2D eigenvalue weighted by atomic mass is 35.5. The van der Waals surface area contributed by atoms with Crippen LogP contribution in [-0.4, -0.2) is 14.8 Å². The summed E-state index contributed by atoms with van der Waals surface area (Å²) in [7, 11) is 1.94. The largest absolute Gasteiger partial charge is 0.305 e. The Morgan fingerprint density at radius 1 is 1.04 bits per heavy atom. The molecule has 0 bridgehead atoms. The molecule has 0 aliphatic carbocycles. The van der Waals surface area contributed by atoms with Crippen LogP contribution in [-0.2, 0) is 12.8 Å². The van der Waals surface area contributed by atoms with Crippen molar-refractivity contribution in [1.29, 1.82) is 0 Å². The van der Waals surface area contributed by atoms with Crippen molar-refractivity contribution >= 4 is 35.0 Å². The molecule has 0 fully saturated rings. The first-order valence-electron chi connectivity index (χ1n) is 7.08. The molecule has 0 amide bonds. The van der Waals surface area contributed by atoms with E-state index in [2.05, 4.69) is 41.4 Å². The Kier molecular flexibility index (Phi) is 4.95. The van der Waals surface area contributed by atoms with Crippen LogP contribution in [0.15, 0.2) is 47.6 Å². The minimum absolute atomic E-state index is 0.572. The lowest BCUT2D eigenvalue weighted by atomic mass is 10.2. The molecular weight excluding hydrogens is 349 g/mol. The van der Waals surface area contributed by atoms with Gasteiger partial charge in [0.15, 0.2) is 11.0 Å². The van der Waals surface area contributed by atoms with Gasteiger partial charge in [-0.05, 0) is 30.7 Å². The number of halogens is 2. The third-order valence-corrected chi connectivity index (χ3v) is 5.13. The van der Waals surface area contributed by atoms with E-state index in [1.165, 1.54) is 11.1 Å². The molecule has 118 valence electrons. The van der Waals surface area contributed by atoms with Crippen molar-refractivity contribution in [3.8, 4) is 11.4 Å². The Labute approximate surface area is 149 Å². The highest BCUT2D eigenvalue weighted by Crippen LogP contribution is 2.31. The van der Waals surface area contributed by atoms with Gasteiger partial charge in [-0.2, -0.15) is 0 Å². The van der Waals surface area contributed by atoms with E-state index in [4.69, 9.17) is 23.2 Å². The number of hydrogen-bond donors (Lipinski definition) is 0. The van der Waals surface area contributed by atoms with E-state index in [0.29, 0.717) is 10.0 Å². The summed E-state index contributed by atoms with van der Waals surface area (Å²) in [6.45, 7) is 2.09. The molecular formula is C17H15Cl2N3S. The van der Waals surface area contributed by atoms with E-state index in [1.54, 1.807) is 23.9 Å². The molecule has 0 atom stereocenters. The highest BCUT2D eigenvalue weighted by molar-refractivity contribution is 7.98. The van der Waals surface area contributed by atoms with E-state index >= 15 is 0 Å². The van der Waals surface area contributed by atoms with Gasteiger partial charge in [0, 0.05) is 23.4 Å². The van der Waals surface area contributed by atoms with Crippen molar-refractivity contribution in [1.82, 2.24) is 14.8 Å². The van der Waals surface area contributed by atoms with Gasteiger partial charge in [-0.25, -0.2) is 0 Å². The van der Waals surface area contributed by atoms with Gasteiger partial charge in [0.1, 0.15) is 0 Å². The fourth-order valence-corrected chi connectivity index (χ4v) is 3.54. The minimum atomic E-state index is 0.572. The number of rotatable bonds is 4. The van der Waals surface area contributed by atoms with Crippen LogP contribution >= 0.6 is 35.0 Å². The normalized spacial score (nSPS) is 11.0. The molecule has 0 saturated heterocycles. The van der Waals surface area contributed by atoms with Crippen molar-refractivity contribution in [2.45, 2.75) is 17.8 Å².